The van der Waals surface area contributed by atoms with Crippen molar-refractivity contribution in [2.45, 2.75) is 10.9 Å². The van der Waals surface area contributed by atoms with Gasteiger partial charge in [-0.05, 0) is 17.7 Å². The smallest absolute Gasteiger partial charge is 0.234 e. The fourth-order valence-corrected chi connectivity index (χ4v) is 3.96. The summed E-state index contributed by atoms with van der Waals surface area (Å²) in [6.45, 7) is 0.894. The first-order valence-electron chi connectivity index (χ1n) is 8.20. The molecule has 138 valence electrons. The quantitative estimate of drug-likeness (QED) is 0.586. The van der Waals surface area contributed by atoms with Crippen molar-refractivity contribution in [3.63, 3.8) is 0 Å². The average molecular weight is 400 g/mol. The molecule has 1 aromatic heterocycles. The van der Waals surface area contributed by atoms with Crippen molar-refractivity contribution in [2.24, 2.45) is 0 Å². The summed E-state index contributed by atoms with van der Waals surface area (Å²) in [7, 11) is 0. The van der Waals surface area contributed by atoms with Gasteiger partial charge in [-0.15, -0.1) is 10.2 Å². The molecule has 2 N–H and O–H groups in total. The second kappa shape index (κ2) is 8.28. The standard InChI is InChI=1S/C18H16N4O3S2/c23-16(20-13-6-7-14-15(8-13)25-11-24-14)10-26-18-22-21-17(27-18)19-9-12-4-2-1-3-5-12/h1-8H,9-11H2,(H,19,21)(H,20,23). The van der Waals surface area contributed by atoms with Crippen LogP contribution in [0, 0.1) is 0 Å². The number of hydrogen-bond acceptors (Lipinski definition) is 8. The molecule has 0 bridgehead atoms. The van der Waals surface area contributed by atoms with Gasteiger partial charge < -0.3 is 20.1 Å². The molecule has 3 aromatic rings. The highest BCUT2D eigenvalue weighted by molar-refractivity contribution is 8.01. The SMILES string of the molecule is O=C(CSc1nnc(NCc2ccccc2)s1)Nc1ccc2c(c1)OCO2. The van der Waals surface area contributed by atoms with Gasteiger partial charge in [-0.1, -0.05) is 53.4 Å². The lowest BCUT2D eigenvalue weighted by Crippen LogP contribution is -2.13. The van der Waals surface area contributed by atoms with E-state index in [-0.39, 0.29) is 18.5 Å². The number of aromatic nitrogens is 2. The molecule has 0 spiro atoms. The van der Waals surface area contributed by atoms with E-state index < -0.39 is 0 Å². The van der Waals surface area contributed by atoms with Crippen molar-refractivity contribution >= 4 is 39.8 Å². The summed E-state index contributed by atoms with van der Waals surface area (Å²) in [6.07, 6.45) is 0. The van der Waals surface area contributed by atoms with E-state index in [1.807, 2.05) is 30.3 Å². The Morgan fingerprint density at radius 2 is 1.96 bits per heavy atom. The number of rotatable bonds is 7. The molecule has 1 amide bonds. The van der Waals surface area contributed by atoms with Crippen LogP contribution in [0.25, 0.3) is 0 Å². The van der Waals surface area contributed by atoms with Crippen molar-refractivity contribution in [3.05, 3.63) is 54.1 Å². The number of nitrogens with one attached hydrogen (secondary N) is 2. The lowest BCUT2D eigenvalue weighted by atomic mass is 10.2. The van der Waals surface area contributed by atoms with Crippen molar-refractivity contribution in [3.8, 4) is 11.5 Å². The Labute approximate surface area is 164 Å². The van der Waals surface area contributed by atoms with Gasteiger partial charge in [0.15, 0.2) is 15.8 Å². The molecule has 0 aliphatic carbocycles. The minimum atomic E-state index is -0.118. The van der Waals surface area contributed by atoms with E-state index in [1.165, 1.54) is 28.7 Å². The third-order valence-corrected chi connectivity index (χ3v) is 5.69. The molecule has 1 aliphatic heterocycles. The van der Waals surface area contributed by atoms with Crippen LogP contribution in [0.3, 0.4) is 0 Å². The maximum Gasteiger partial charge on any atom is 0.234 e. The number of nitrogens with zero attached hydrogens (tertiary/aromatic N) is 2. The van der Waals surface area contributed by atoms with Gasteiger partial charge in [0.2, 0.25) is 17.8 Å². The first kappa shape index (κ1) is 17.6. The number of ether oxygens (including phenoxy) is 2. The zero-order valence-corrected chi connectivity index (χ0v) is 15.8. The highest BCUT2D eigenvalue weighted by atomic mass is 32.2. The molecule has 0 saturated carbocycles. The van der Waals surface area contributed by atoms with Crippen LogP contribution in [0.15, 0.2) is 52.9 Å². The van der Waals surface area contributed by atoms with Crippen molar-refractivity contribution < 1.29 is 14.3 Å². The van der Waals surface area contributed by atoms with E-state index in [4.69, 9.17) is 9.47 Å². The van der Waals surface area contributed by atoms with Gasteiger partial charge in [0, 0.05) is 18.3 Å². The molecule has 4 rings (SSSR count). The maximum atomic E-state index is 12.1. The minimum absolute atomic E-state index is 0.118. The van der Waals surface area contributed by atoms with Crippen LogP contribution in [0.2, 0.25) is 0 Å². The molecule has 0 atom stereocenters. The highest BCUT2D eigenvalue weighted by Gasteiger charge is 2.14. The van der Waals surface area contributed by atoms with Gasteiger partial charge in [-0.2, -0.15) is 0 Å². The second-order valence-electron chi connectivity index (χ2n) is 5.62. The number of carbonyl (C=O) groups excluding carboxylic acids is 1. The number of anilines is 2. The van der Waals surface area contributed by atoms with Gasteiger partial charge in [-0.3, -0.25) is 4.79 Å². The van der Waals surface area contributed by atoms with Crippen LogP contribution in [0.5, 0.6) is 11.5 Å². The molecule has 0 saturated heterocycles. The maximum absolute atomic E-state index is 12.1. The molecule has 2 aromatic carbocycles. The van der Waals surface area contributed by atoms with Gasteiger partial charge in [0.1, 0.15) is 0 Å². The first-order chi connectivity index (χ1) is 13.3. The van der Waals surface area contributed by atoms with Gasteiger partial charge >= 0.3 is 0 Å². The van der Waals surface area contributed by atoms with Crippen LogP contribution in [0.1, 0.15) is 5.56 Å². The summed E-state index contributed by atoms with van der Waals surface area (Å²) >= 11 is 2.78. The molecule has 27 heavy (non-hydrogen) atoms. The molecule has 0 unspecified atom stereocenters. The third kappa shape index (κ3) is 4.69. The Balaban J connectivity index is 1.25. The Bertz CT molecular complexity index is 933. The predicted molar refractivity (Wildman–Crippen MR) is 106 cm³/mol. The van der Waals surface area contributed by atoms with Gasteiger partial charge in [0.05, 0.1) is 5.75 Å². The minimum Gasteiger partial charge on any atom is -0.454 e. The molecule has 0 radical (unpaired) electrons. The Hall–Kier alpha value is -2.78. The molecular weight excluding hydrogens is 384 g/mol. The number of carbonyl (C=O) groups is 1. The summed E-state index contributed by atoms with van der Waals surface area (Å²) in [4.78, 5) is 12.1. The van der Waals surface area contributed by atoms with Crippen LogP contribution in [0.4, 0.5) is 10.8 Å². The van der Waals surface area contributed by atoms with Gasteiger partial charge in [0.25, 0.3) is 0 Å². The largest absolute Gasteiger partial charge is 0.454 e. The summed E-state index contributed by atoms with van der Waals surface area (Å²) in [5.41, 5.74) is 1.84. The zero-order chi connectivity index (χ0) is 18.5. The summed E-state index contributed by atoms with van der Waals surface area (Å²) < 4.78 is 11.3. The number of fused-ring (bicyclic) bond motifs is 1. The van der Waals surface area contributed by atoms with Crippen molar-refractivity contribution in [1.82, 2.24) is 10.2 Å². The van der Waals surface area contributed by atoms with Crippen LogP contribution in [-0.4, -0.2) is 28.7 Å². The molecule has 9 heteroatoms. The Kier molecular flexibility index (Phi) is 5.40. The second-order valence-corrected chi connectivity index (χ2v) is 7.82. The number of amides is 1. The van der Waals surface area contributed by atoms with E-state index >= 15 is 0 Å². The summed E-state index contributed by atoms with van der Waals surface area (Å²) in [6, 6.07) is 15.4. The lowest BCUT2D eigenvalue weighted by molar-refractivity contribution is -0.113. The van der Waals surface area contributed by atoms with E-state index in [1.54, 1.807) is 18.2 Å². The predicted octanol–water partition coefficient (Wildman–Crippen LogP) is 3.61. The number of hydrogen-bond donors (Lipinski definition) is 2. The summed E-state index contributed by atoms with van der Waals surface area (Å²) in [5, 5.41) is 15.0. The fraction of sp³-hybridized carbons (Fsp3) is 0.167. The van der Waals surface area contributed by atoms with E-state index in [2.05, 4.69) is 20.8 Å². The topological polar surface area (TPSA) is 85.4 Å². The average Bonchev–Trinajstić information content (AvgIpc) is 3.34. The van der Waals surface area contributed by atoms with Crippen LogP contribution >= 0.6 is 23.1 Å². The monoisotopic (exact) mass is 400 g/mol. The van der Waals surface area contributed by atoms with Crippen molar-refractivity contribution in [1.29, 1.82) is 0 Å². The van der Waals surface area contributed by atoms with Crippen LogP contribution in [-0.2, 0) is 11.3 Å². The Morgan fingerprint density at radius 1 is 1.11 bits per heavy atom. The molecule has 7 nitrogen and oxygen atoms in total. The van der Waals surface area contributed by atoms with E-state index in [0.29, 0.717) is 23.7 Å². The van der Waals surface area contributed by atoms with E-state index in [0.717, 1.165) is 9.47 Å². The fourth-order valence-electron chi connectivity index (χ4n) is 2.41. The first-order valence-corrected chi connectivity index (χ1v) is 10.00. The molecular formula is C18H16N4O3S2. The molecule has 0 fully saturated rings. The Morgan fingerprint density at radius 3 is 2.85 bits per heavy atom. The normalized spacial score (nSPS) is 12.0. The van der Waals surface area contributed by atoms with Gasteiger partial charge in [-0.25, -0.2) is 0 Å². The zero-order valence-electron chi connectivity index (χ0n) is 14.2. The third-order valence-electron chi connectivity index (χ3n) is 3.68. The highest BCUT2D eigenvalue weighted by Crippen LogP contribution is 2.34. The van der Waals surface area contributed by atoms with Crippen LogP contribution < -0.4 is 20.1 Å². The number of benzene rings is 2. The molecule has 1 aliphatic rings. The van der Waals surface area contributed by atoms with Crippen molar-refractivity contribution in [2.75, 3.05) is 23.2 Å². The molecule has 2 heterocycles. The summed E-state index contributed by atoms with van der Waals surface area (Å²) in [5.74, 6) is 1.46. The lowest BCUT2D eigenvalue weighted by Gasteiger charge is -2.05. The number of thioether (sulfide) groups is 1. The van der Waals surface area contributed by atoms with E-state index in [9.17, 15) is 4.79 Å².